The zero-order valence-electron chi connectivity index (χ0n) is 17.3. The standard InChI is InChI=1S/C25H32N2O2/c1-2-29-25(28)22-10-8-20(9-11-22)18-27-14-12-19(13-15-27)17-26-24-16-23(24)21-6-4-3-5-7-21/h3-11,19,23-24,26H,2,12-18H2,1H3. The van der Waals surface area contributed by atoms with Crippen molar-refractivity contribution < 1.29 is 9.53 Å². The Labute approximate surface area is 174 Å². The minimum atomic E-state index is -0.238. The van der Waals surface area contributed by atoms with Crippen molar-refractivity contribution in [1.29, 1.82) is 0 Å². The van der Waals surface area contributed by atoms with Crippen LogP contribution < -0.4 is 5.32 Å². The molecule has 2 fully saturated rings. The maximum Gasteiger partial charge on any atom is 0.338 e. The molecule has 2 aliphatic rings. The van der Waals surface area contributed by atoms with Gasteiger partial charge in [-0.1, -0.05) is 42.5 Å². The van der Waals surface area contributed by atoms with Gasteiger partial charge in [-0.3, -0.25) is 4.90 Å². The summed E-state index contributed by atoms with van der Waals surface area (Å²) in [7, 11) is 0. The van der Waals surface area contributed by atoms with Crippen molar-refractivity contribution in [2.45, 2.75) is 44.7 Å². The van der Waals surface area contributed by atoms with Gasteiger partial charge in [0.15, 0.2) is 0 Å². The number of esters is 1. The number of ether oxygens (including phenoxy) is 1. The Kier molecular flexibility index (Phi) is 6.63. The molecular weight excluding hydrogens is 360 g/mol. The van der Waals surface area contributed by atoms with Crippen LogP contribution in [0.15, 0.2) is 54.6 Å². The summed E-state index contributed by atoms with van der Waals surface area (Å²) in [6.45, 7) is 6.66. The highest BCUT2D eigenvalue weighted by atomic mass is 16.5. The van der Waals surface area contributed by atoms with E-state index < -0.39 is 0 Å². The molecule has 2 unspecified atom stereocenters. The summed E-state index contributed by atoms with van der Waals surface area (Å²) in [5, 5.41) is 3.80. The molecular formula is C25H32N2O2. The van der Waals surface area contributed by atoms with Crippen LogP contribution in [0.25, 0.3) is 0 Å². The number of likely N-dealkylation sites (tertiary alicyclic amines) is 1. The predicted molar refractivity (Wildman–Crippen MR) is 116 cm³/mol. The zero-order valence-corrected chi connectivity index (χ0v) is 17.3. The lowest BCUT2D eigenvalue weighted by Crippen LogP contribution is -2.37. The Hall–Kier alpha value is -2.17. The Bertz CT molecular complexity index is 782. The third kappa shape index (κ3) is 5.46. The molecule has 1 N–H and O–H groups in total. The Balaban J connectivity index is 1.16. The lowest BCUT2D eigenvalue weighted by Gasteiger charge is -2.32. The summed E-state index contributed by atoms with van der Waals surface area (Å²) in [5.41, 5.74) is 3.38. The molecule has 2 atom stereocenters. The first-order valence-corrected chi connectivity index (χ1v) is 11.0. The SMILES string of the molecule is CCOC(=O)c1ccc(CN2CCC(CNC3CC3c3ccccc3)CC2)cc1. The minimum Gasteiger partial charge on any atom is -0.462 e. The number of carbonyl (C=O) groups is 1. The highest BCUT2D eigenvalue weighted by molar-refractivity contribution is 5.89. The Morgan fingerprint density at radius 1 is 1.07 bits per heavy atom. The van der Waals surface area contributed by atoms with Crippen LogP contribution in [0.2, 0.25) is 0 Å². The molecule has 0 amide bonds. The van der Waals surface area contributed by atoms with E-state index in [9.17, 15) is 4.79 Å². The number of piperidine rings is 1. The van der Waals surface area contributed by atoms with Crippen molar-refractivity contribution in [1.82, 2.24) is 10.2 Å². The Morgan fingerprint density at radius 2 is 1.79 bits per heavy atom. The number of carbonyl (C=O) groups excluding carboxylic acids is 1. The van der Waals surface area contributed by atoms with E-state index in [0.717, 1.165) is 32.1 Å². The second kappa shape index (κ2) is 9.55. The molecule has 0 bridgehead atoms. The summed E-state index contributed by atoms with van der Waals surface area (Å²) in [6.07, 6.45) is 3.80. The maximum atomic E-state index is 11.8. The molecule has 0 spiro atoms. The van der Waals surface area contributed by atoms with E-state index in [1.165, 1.54) is 30.4 Å². The zero-order chi connectivity index (χ0) is 20.1. The van der Waals surface area contributed by atoms with Crippen LogP contribution in [-0.2, 0) is 11.3 Å². The molecule has 1 saturated heterocycles. The van der Waals surface area contributed by atoms with Crippen molar-refractivity contribution >= 4 is 5.97 Å². The topological polar surface area (TPSA) is 41.6 Å². The van der Waals surface area contributed by atoms with Crippen LogP contribution >= 0.6 is 0 Å². The molecule has 4 nitrogen and oxygen atoms in total. The summed E-state index contributed by atoms with van der Waals surface area (Å²) >= 11 is 0. The first-order valence-electron chi connectivity index (χ1n) is 11.0. The summed E-state index contributed by atoms with van der Waals surface area (Å²) in [4.78, 5) is 14.3. The van der Waals surface area contributed by atoms with E-state index in [4.69, 9.17) is 4.74 Å². The largest absolute Gasteiger partial charge is 0.462 e. The third-order valence-corrected chi connectivity index (χ3v) is 6.27. The van der Waals surface area contributed by atoms with Crippen molar-refractivity contribution in [3.8, 4) is 0 Å². The molecule has 154 valence electrons. The van der Waals surface area contributed by atoms with Gasteiger partial charge in [0.1, 0.15) is 0 Å². The normalized spacial score (nSPS) is 22.4. The third-order valence-electron chi connectivity index (χ3n) is 6.27. The molecule has 1 saturated carbocycles. The van der Waals surface area contributed by atoms with Crippen LogP contribution in [0.4, 0.5) is 0 Å². The quantitative estimate of drug-likeness (QED) is 0.683. The molecule has 2 aromatic carbocycles. The monoisotopic (exact) mass is 392 g/mol. The first-order chi connectivity index (χ1) is 14.2. The average molecular weight is 393 g/mol. The lowest BCUT2D eigenvalue weighted by atomic mass is 9.96. The molecule has 2 aromatic rings. The molecule has 4 heteroatoms. The second-order valence-electron chi connectivity index (χ2n) is 8.40. The molecule has 1 aliphatic heterocycles. The van der Waals surface area contributed by atoms with Crippen molar-refractivity contribution in [3.63, 3.8) is 0 Å². The van der Waals surface area contributed by atoms with Crippen LogP contribution in [0.5, 0.6) is 0 Å². The number of hydrogen-bond donors (Lipinski definition) is 1. The molecule has 29 heavy (non-hydrogen) atoms. The van der Waals surface area contributed by atoms with E-state index in [1.807, 2.05) is 19.1 Å². The van der Waals surface area contributed by atoms with Gasteiger partial charge in [-0.05, 0) is 75.0 Å². The Morgan fingerprint density at radius 3 is 2.48 bits per heavy atom. The number of rotatable bonds is 8. The van der Waals surface area contributed by atoms with Gasteiger partial charge in [-0.25, -0.2) is 4.79 Å². The second-order valence-corrected chi connectivity index (χ2v) is 8.40. The number of benzene rings is 2. The molecule has 1 aliphatic carbocycles. The van der Waals surface area contributed by atoms with Crippen LogP contribution in [0.1, 0.15) is 53.6 Å². The fourth-order valence-corrected chi connectivity index (χ4v) is 4.37. The van der Waals surface area contributed by atoms with Crippen molar-refractivity contribution in [3.05, 3.63) is 71.3 Å². The molecule has 0 radical (unpaired) electrons. The van der Waals surface area contributed by atoms with Gasteiger partial charge in [-0.2, -0.15) is 0 Å². The maximum absolute atomic E-state index is 11.8. The molecule has 1 heterocycles. The fourth-order valence-electron chi connectivity index (χ4n) is 4.37. The number of nitrogens with one attached hydrogen (secondary N) is 1. The van der Waals surface area contributed by atoms with Gasteiger partial charge >= 0.3 is 5.97 Å². The summed E-state index contributed by atoms with van der Waals surface area (Å²) in [6, 6.07) is 19.4. The van der Waals surface area contributed by atoms with Gasteiger partial charge in [0, 0.05) is 18.5 Å². The highest BCUT2D eigenvalue weighted by Crippen LogP contribution is 2.40. The first kappa shape index (κ1) is 20.1. The van der Waals surface area contributed by atoms with Crippen LogP contribution in [-0.4, -0.2) is 43.2 Å². The number of hydrogen-bond acceptors (Lipinski definition) is 4. The minimum absolute atomic E-state index is 0.238. The van der Waals surface area contributed by atoms with Crippen LogP contribution in [0.3, 0.4) is 0 Å². The van der Waals surface area contributed by atoms with Gasteiger partial charge in [0.25, 0.3) is 0 Å². The molecule has 0 aromatic heterocycles. The average Bonchev–Trinajstić information content (AvgIpc) is 3.54. The van der Waals surface area contributed by atoms with E-state index in [2.05, 4.69) is 52.7 Å². The smallest absolute Gasteiger partial charge is 0.338 e. The summed E-state index contributed by atoms with van der Waals surface area (Å²) < 4.78 is 5.05. The van der Waals surface area contributed by atoms with Gasteiger partial charge in [-0.15, -0.1) is 0 Å². The predicted octanol–water partition coefficient (Wildman–Crippen LogP) is 4.22. The number of nitrogens with zero attached hydrogens (tertiary/aromatic N) is 1. The van der Waals surface area contributed by atoms with Gasteiger partial charge < -0.3 is 10.1 Å². The van der Waals surface area contributed by atoms with E-state index in [-0.39, 0.29) is 5.97 Å². The van der Waals surface area contributed by atoms with E-state index in [1.54, 1.807) is 0 Å². The van der Waals surface area contributed by atoms with Crippen molar-refractivity contribution in [2.75, 3.05) is 26.2 Å². The van der Waals surface area contributed by atoms with E-state index in [0.29, 0.717) is 24.1 Å². The van der Waals surface area contributed by atoms with Crippen LogP contribution in [0, 0.1) is 5.92 Å². The van der Waals surface area contributed by atoms with Crippen molar-refractivity contribution in [2.24, 2.45) is 5.92 Å². The van der Waals surface area contributed by atoms with E-state index >= 15 is 0 Å². The summed E-state index contributed by atoms with van der Waals surface area (Å²) in [5.74, 6) is 1.26. The highest BCUT2D eigenvalue weighted by Gasteiger charge is 2.38. The lowest BCUT2D eigenvalue weighted by molar-refractivity contribution is 0.0526. The molecule has 4 rings (SSSR count). The fraction of sp³-hybridized carbons (Fsp3) is 0.480. The van der Waals surface area contributed by atoms with Gasteiger partial charge in [0.2, 0.25) is 0 Å². The van der Waals surface area contributed by atoms with Gasteiger partial charge in [0.05, 0.1) is 12.2 Å².